The third-order valence-electron chi connectivity index (χ3n) is 4.04. The normalized spacial score (nSPS) is 26.6. The van der Waals surface area contributed by atoms with E-state index in [-0.39, 0.29) is 5.91 Å². The minimum absolute atomic E-state index is 0.221. The molecule has 3 nitrogen and oxygen atoms in total. The molecule has 2 saturated heterocycles. The van der Waals surface area contributed by atoms with Crippen molar-refractivity contribution in [2.45, 2.75) is 31.8 Å². The lowest BCUT2D eigenvalue weighted by Gasteiger charge is -2.41. The first kappa shape index (κ1) is 11.8. The van der Waals surface area contributed by atoms with Crippen LogP contribution in [0.5, 0.6) is 0 Å². The molecule has 2 atom stereocenters. The molecule has 2 heterocycles. The van der Waals surface area contributed by atoms with Crippen LogP contribution in [0.25, 0.3) is 0 Å². The molecule has 1 aromatic carbocycles. The van der Waals surface area contributed by atoms with E-state index in [1.807, 2.05) is 12.1 Å². The van der Waals surface area contributed by atoms with E-state index in [0.717, 1.165) is 31.0 Å². The van der Waals surface area contributed by atoms with Crippen LogP contribution >= 0.6 is 11.6 Å². The monoisotopic (exact) mass is 264 g/mol. The van der Waals surface area contributed by atoms with Gasteiger partial charge in [0.25, 0.3) is 0 Å². The van der Waals surface area contributed by atoms with Crippen LogP contribution in [-0.4, -0.2) is 36.0 Å². The largest absolute Gasteiger partial charge is 0.367 e. The lowest BCUT2D eigenvalue weighted by Crippen LogP contribution is -2.55. The van der Waals surface area contributed by atoms with Gasteiger partial charge in [-0.25, -0.2) is 0 Å². The molecule has 18 heavy (non-hydrogen) atoms. The molecule has 1 amide bonds. The van der Waals surface area contributed by atoms with Crippen LogP contribution in [0, 0.1) is 0 Å². The first-order valence-corrected chi connectivity index (χ1v) is 6.82. The molecule has 4 heteroatoms. The summed E-state index contributed by atoms with van der Waals surface area (Å²) in [7, 11) is 0. The maximum atomic E-state index is 11.6. The summed E-state index contributed by atoms with van der Waals surface area (Å²) in [5.74, 6) is 0.221. The van der Waals surface area contributed by atoms with Crippen LogP contribution in [0.15, 0.2) is 24.3 Å². The summed E-state index contributed by atoms with van der Waals surface area (Å²) in [5.41, 5.74) is 1.21. The number of anilines is 1. The molecule has 2 bridgehead atoms. The van der Waals surface area contributed by atoms with Crippen molar-refractivity contribution in [2.75, 3.05) is 18.0 Å². The van der Waals surface area contributed by atoms with Crippen molar-refractivity contribution in [1.82, 2.24) is 4.90 Å². The summed E-state index contributed by atoms with van der Waals surface area (Å²) < 4.78 is 0. The number of rotatable bonds is 1. The van der Waals surface area contributed by atoms with Gasteiger partial charge in [0.05, 0.1) is 0 Å². The highest BCUT2D eigenvalue weighted by molar-refractivity contribution is 6.30. The molecule has 0 saturated carbocycles. The molecular weight excluding hydrogens is 248 g/mol. The number of carbonyl (C=O) groups is 1. The molecule has 0 spiro atoms. The third kappa shape index (κ3) is 1.97. The molecule has 0 aromatic heterocycles. The van der Waals surface area contributed by atoms with E-state index in [1.54, 1.807) is 6.92 Å². The fraction of sp³-hybridized carbons (Fsp3) is 0.500. The molecule has 0 N–H and O–H groups in total. The van der Waals surface area contributed by atoms with Crippen LogP contribution in [0.1, 0.15) is 19.8 Å². The Labute approximate surface area is 112 Å². The fourth-order valence-corrected chi connectivity index (χ4v) is 3.41. The van der Waals surface area contributed by atoms with E-state index in [0.29, 0.717) is 12.1 Å². The van der Waals surface area contributed by atoms with Gasteiger partial charge >= 0.3 is 0 Å². The van der Waals surface area contributed by atoms with Crippen molar-refractivity contribution in [1.29, 1.82) is 0 Å². The lowest BCUT2D eigenvalue weighted by molar-refractivity contribution is -0.132. The average Bonchev–Trinajstić information content (AvgIpc) is 2.62. The van der Waals surface area contributed by atoms with Gasteiger partial charge in [-0.15, -0.1) is 0 Å². The summed E-state index contributed by atoms with van der Waals surface area (Å²) in [6.07, 6.45) is 2.27. The second-order valence-corrected chi connectivity index (χ2v) is 5.63. The zero-order valence-corrected chi connectivity index (χ0v) is 11.2. The average molecular weight is 265 g/mol. The molecule has 2 aliphatic heterocycles. The molecule has 0 radical (unpaired) electrons. The molecule has 2 unspecified atom stereocenters. The Morgan fingerprint density at radius 3 is 2.22 bits per heavy atom. The summed E-state index contributed by atoms with van der Waals surface area (Å²) in [5, 5.41) is 0.768. The van der Waals surface area contributed by atoms with E-state index >= 15 is 0 Å². The minimum Gasteiger partial charge on any atom is -0.367 e. The number of carbonyl (C=O) groups excluding carboxylic acids is 1. The van der Waals surface area contributed by atoms with Gasteiger partial charge in [-0.05, 0) is 37.1 Å². The molecular formula is C14H17ClN2O. The number of benzene rings is 1. The number of hydrogen-bond donors (Lipinski definition) is 0. The Bertz CT molecular complexity index is 445. The number of halogens is 1. The van der Waals surface area contributed by atoms with Gasteiger partial charge in [-0.1, -0.05) is 11.6 Å². The van der Waals surface area contributed by atoms with Crippen molar-refractivity contribution in [3.8, 4) is 0 Å². The van der Waals surface area contributed by atoms with Gasteiger partial charge in [0.1, 0.15) is 0 Å². The summed E-state index contributed by atoms with van der Waals surface area (Å²) >= 11 is 5.91. The van der Waals surface area contributed by atoms with Gasteiger partial charge in [0.15, 0.2) is 0 Å². The smallest absolute Gasteiger partial charge is 0.220 e. The molecule has 1 aromatic rings. The molecule has 2 fully saturated rings. The Morgan fingerprint density at radius 1 is 1.17 bits per heavy atom. The number of amides is 1. The fourth-order valence-electron chi connectivity index (χ4n) is 3.28. The molecule has 2 aliphatic rings. The van der Waals surface area contributed by atoms with Crippen molar-refractivity contribution in [3.05, 3.63) is 29.3 Å². The minimum atomic E-state index is 0.221. The second-order valence-electron chi connectivity index (χ2n) is 5.19. The first-order valence-electron chi connectivity index (χ1n) is 6.44. The Kier molecular flexibility index (Phi) is 2.94. The highest BCUT2D eigenvalue weighted by atomic mass is 35.5. The highest BCUT2D eigenvalue weighted by Gasteiger charge is 2.41. The van der Waals surface area contributed by atoms with E-state index in [1.165, 1.54) is 5.69 Å². The lowest BCUT2D eigenvalue weighted by atomic mass is 10.1. The summed E-state index contributed by atoms with van der Waals surface area (Å²) in [4.78, 5) is 16.1. The summed E-state index contributed by atoms with van der Waals surface area (Å²) in [6.45, 7) is 3.57. The first-order chi connectivity index (χ1) is 8.65. The van der Waals surface area contributed by atoms with Crippen LogP contribution in [0.4, 0.5) is 5.69 Å². The zero-order valence-electron chi connectivity index (χ0n) is 10.5. The van der Waals surface area contributed by atoms with Crippen LogP contribution in [0.3, 0.4) is 0 Å². The maximum Gasteiger partial charge on any atom is 0.220 e. The quantitative estimate of drug-likeness (QED) is 0.778. The standard InChI is InChI=1S/C14H17ClN2O/c1-10(18)17-13-6-7-14(17)9-16(8-13)12-4-2-11(15)3-5-12/h2-5,13-14H,6-9H2,1H3. The van der Waals surface area contributed by atoms with E-state index in [4.69, 9.17) is 11.6 Å². The number of fused-ring (bicyclic) bond motifs is 2. The maximum absolute atomic E-state index is 11.6. The van der Waals surface area contributed by atoms with Crippen LogP contribution in [-0.2, 0) is 4.79 Å². The predicted octanol–water partition coefficient (Wildman–Crippen LogP) is 2.54. The third-order valence-corrected chi connectivity index (χ3v) is 4.29. The van der Waals surface area contributed by atoms with Crippen LogP contribution in [0.2, 0.25) is 5.02 Å². The second kappa shape index (κ2) is 4.47. The number of hydrogen-bond acceptors (Lipinski definition) is 2. The van der Waals surface area contributed by atoms with Gasteiger partial charge in [-0.3, -0.25) is 4.79 Å². The number of piperazine rings is 1. The van der Waals surface area contributed by atoms with Gasteiger partial charge < -0.3 is 9.80 Å². The SMILES string of the molecule is CC(=O)N1C2CCC1CN(c1ccc(Cl)cc1)C2. The van der Waals surface area contributed by atoms with Gasteiger partial charge in [-0.2, -0.15) is 0 Å². The molecule has 3 rings (SSSR count). The Morgan fingerprint density at radius 2 is 1.72 bits per heavy atom. The van der Waals surface area contributed by atoms with Crippen molar-refractivity contribution >= 4 is 23.2 Å². The van der Waals surface area contributed by atoms with E-state index in [9.17, 15) is 4.79 Å². The number of nitrogens with zero attached hydrogens (tertiary/aromatic N) is 2. The topological polar surface area (TPSA) is 23.6 Å². The molecule has 0 aliphatic carbocycles. The van der Waals surface area contributed by atoms with Crippen molar-refractivity contribution < 1.29 is 4.79 Å². The van der Waals surface area contributed by atoms with E-state index in [2.05, 4.69) is 21.9 Å². The Balaban J connectivity index is 1.79. The highest BCUT2D eigenvalue weighted by Crippen LogP contribution is 2.32. The Hall–Kier alpha value is -1.22. The van der Waals surface area contributed by atoms with Crippen molar-refractivity contribution in [2.24, 2.45) is 0 Å². The van der Waals surface area contributed by atoms with Gasteiger partial charge in [0, 0.05) is 42.8 Å². The van der Waals surface area contributed by atoms with E-state index < -0.39 is 0 Å². The van der Waals surface area contributed by atoms with Crippen molar-refractivity contribution in [3.63, 3.8) is 0 Å². The van der Waals surface area contributed by atoms with Crippen LogP contribution < -0.4 is 4.90 Å². The predicted molar refractivity (Wildman–Crippen MR) is 73.0 cm³/mol. The zero-order chi connectivity index (χ0) is 12.7. The molecule has 96 valence electrons. The van der Waals surface area contributed by atoms with Gasteiger partial charge in [0.2, 0.25) is 5.91 Å². The summed E-state index contributed by atoms with van der Waals surface area (Å²) in [6, 6.07) is 8.75.